The zero-order valence-electron chi connectivity index (χ0n) is 11.8. The number of rotatable bonds is 4. The van der Waals surface area contributed by atoms with Gasteiger partial charge in [0.2, 0.25) is 5.78 Å². The van der Waals surface area contributed by atoms with Crippen molar-refractivity contribution in [2.24, 2.45) is 0 Å². The highest BCUT2D eigenvalue weighted by Gasteiger charge is 2.19. The van der Waals surface area contributed by atoms with E-state index in [-0.39, 0.29) is 5.78 Å². The molecule has 0 saturated heterocycles. The van der Waals surface area contributed by atoms with Crippen molar-refractivity contribution in [3.63, 3.8) is 0 Å². The lowest BCUT2D eigenvalue weighted by Gasteiger charge is -2.16. The number of carbonyl (C=O) groups is 1. The van der Waals surface area contributed by atoms with E-state index >= 15 is 0 Å². The van der Waals surface area contributed by atoms with Crippen molar-refractivity contribution in [1.82, 2.24) is 0 Å². The van der Waals surface area contributed by atoms with Crippen LogP contribution in [0.1, 0.15) is 28.4 Å². The number of ketones is 1. The van der Waals surface area contributed by atoms with E-state index in [4.69, 9.17) is 4.74 Å². The summed E-state index contributed by atoms with van der Waals surface area (Å²) in [5, 5.41) is 0. The van der Waals surface area contributed by atoms with Crippen molar-refractivity contribution in [3.8, 4) is 5.75 Å². The molecule has 0 bridgehead atoms. The van der Waals surface area contributed by atoms with E-state index in [0.717, 1.165) is 26.0 Å². The fourth-order valence-corrected chi connectivity index (χ4v) is 2.52. The van der Waals surface area contributed by atoms with Crippen LogP contribution in [0.4, 0.5) is 0 Å². The maximum Gasteiger partial charge on any atom is 0.203 e. The second kappa shape index (κ2) is 6.39. The number of hydrogen-bond donors (Lipinski definition) is 0. The van der Waals surface area contributed by atoms with Crippen LogP contribution in [0.3, 0.4) is 0 Å². The lowest BCUT2D eigenvalue weighted by molar-refractivity contribution is 0.0816. The zero-order chi connectivity index (χ0) is 14.7. The SMILES string of the molecule is Cc1ccc(C)c(C(=O)C(C)Oc2ccccc2I)c1. The molecular formula is C17H17IO2. The fourth-order valence-electron chi connectivity index (χ4n) is 2.00. The second-order valence-electron chi connectivity index (χ2n) is 4.87. The Bertz CT molecular complexity index is 635. The number of hydrogen-bond acceptors (Lipinski definition) is 2. The van der Waals surface area contributed by atoms with E-state index in [1.807, 2.05) is 56.3 Å². The van der Waals surface area contributed by atoms with Crippen molar-refractivity contribution in [3.05, 3.63) is 62.7 Å². The summed E-state index contributed by atoms with van der Waals surface area (Å²) in [5.74, 6) is 0.769. The first-order chi connectivity index (χ1) is 9.49. The van der Waals surface area contributed by atoms with E-state index in [1.165, 1.54) is 0 Å². The van der Waals surface area contributed by atoms with Gasteiger partial charge in [0, 0.05) is 5.56 Å². The molecule has 0 radical (unpaired) electrons. The average Bonchev–Trinajstić information content (AvgIpc) is 2.43. The highest BCUT2D eigenvalue weighted by molar-refractivity contribution is 14.1. The van der Waals surface area contributed by atoms with Gasteiger partial charge in [-0.3, -0.25) is 4.79 Å². The molecule has 1 unspecified atom stereocenters. The van der Waals surface area contributed by atoms with Gasteiger partial charge in [-0.15, -0.1) is 0 Å². The number of carbonyl (C=O) groups excluding carboxylic acids is 1. The van der Waals surface area contributed by atoms with Gasteiger partial charge in [0.15, 0.2) is 6.10 Å². The molecule has 2 aromatic carbocycles. The molecule has 20 heavy (non-hydrogen) atoms. The molecular weight excluding hydrogens is 363 g/mol. The van der Waals surface area contributed by atoms with Gasteiger partial charge in [-0.1, -0.05) is 29.8 Å². The summed E-state index contributed by atoms with van der Waals surface area (Å²) < 4.78 is 6.80. The summed E-state index contributed by atoms with van der Waals surface area (Å²) in [7, 11) is 0. The quantitative estimate of drug-likeness (QED) is 0.574. The standard InChI is InChI=1S/C17H17IO2/c1-11-8-9-12(2)14(10-11)17(19)13(3)20-16-7-5-4-6-15(16)18/h4-10,13H,1-3H3. The number of halogens is 1. The topological polar surface area (TPSA) is 26.3 Å². The van der Waals surface area contributed by atoms with Gasteiger partial charge in [-0.05, 0) is 67.1 Å². The van der Waals surface area contributed by atoms with Gasteiger partial charge in [-0.25, -0.2) is 0 Å². The Hall–Kier alpha value is -1.36. The van der Waals surface area contributed by atoms with Crippen LogP contribution in [-0.2, 0) is 0 Å². The molecule has 2 rings (SSSR count). The van der Waals surface area contributed by atoms with Crippen molar-refractivity contribution >= 4 is 28.4 Å². The smallest absolute Gasteiger partial charge is 0.203 e. The van der Waals surface area contributed by atoms with Crippen LogP contribution in [0.25, 0.3) is 0 Å². The number of benzene rings is 2. The maximum absolute atomic E-state index is 12.5. The first-order valence-corrected chi connectivity index (χ1v) is 7.59. The van der Waals surface area contributed by atoms with E-state index in [2.05, 4.69) is 22.6 Å². The van der Waals surface area contributed by atoms with Crippen molar-refractivity contribution in [2.75, 3.05) is 0 Å². The lowest BCUT2D eigenvalue weighted by atomic mass is 9.99. The molecule has 0 fully saturated rings. The van der Waals surface area contributed by atoms with E-state index in [1.54, 1.807) is 6.92 Å². The minimum atomic E-state index is -0.494. The summed E-state index contributed by atoms with van der Waals surface area (Å²) in [6, 6.07) is 13.6. The predicted molar refractivity (Wildman–Crippen MR) is 89.5 cm³/mol. The number of ether oxygens (including phenoxy) is 1. The van der Waals surface area contributed by atoms with Crippen LogP contribution in [0, 0.1) is 17.4 Å². The van der Waals surface area contributed by atoms with Crippen LogP contribution in [-0.4, -0.2) is 11.9 Å². The summed E-state index contributed by atoms with van der Waals surface area (Å²) in [6.45, 7) is 5.74. The van der Waals surface area contributed by atoms with Crippen LogP contribution < -0.4 is 4.74 Å². The predicted octanol–water partition coefficient (Wildman–Crippen LogP) is 4.56. The van der Waals surface area contributed by atoms with Gasteiger partial charge in [0.05, 0.1) is 3.57 Å². The van der Waals surface area contributed by atoms with Crippen LogP contribution in [0.15, 0.2) is 42.5 Å². The van der Waals surface area contributed by atoms with Gasteiger partial charge >= 0.3 is 0 Å². The van der Waals surface area contributed by atoms with Gasteiger partial charge in [-0.2, -0.15) is 0 Å². The van der Waals surface area contributed by atoms with E-state index in [9.17, 15) is 4.79 Å². The third-order valence-electron chi connectivity index (χ3n) is 3.17. The molecule has 0 aliphatic carbocycles. The zero-order valence-corrected chi connectivity index (χ0v) is 14.0. The van der Waals surface area contributed by atoms with Crippen LogP contribution >= 0.6 is 22.6 Å². The Balaban J connectivity index is 2.21. The van der Waals surface area contributed by atoms with Crippen LogP contribution in [0.5, 0.6) is 5.75 Å². The Morgan fingerprint density at radius 2 is 1.85 bits per heavy atom. The van der Waals surface area contributed by atoms with Gasteiger partial charge < -0.3 is 4.74 Å². The number of Topliss-reactive ketones (excluding diaryl/α,β-unsaturated/α-hetero) is 1. The monoisotopic (exact) mass is 380 g/mol. The Labute approximate surface area is 133 Å². The Morgan fingerprint density at radius 3 is 2.55 bits per heavy atom. The molecule has 0 spiro atoms. The number of aryl methyl sites for hydroxylation is 2. The molecule has 104 valence electrons. The molecule has 0 aromatic heterocycles. The third kappa shape index (κ3) is 3.39. The minimum Gasteiger partial charge on any atom is -0.481 e. The highest BCUT2D eigenvalue weighted by Crippen LogP contribution is 2.22. The Morgan fingerprint density at radius 1 is 1.15 bits per heavy atom. The second-order valence-corrected chi connectivity index (χ2v) is 6.04. The summed E-state index contributed by atoms with van der Waals surface area (Å²) in [4.78, 5) is 12.5. The normalized spacial score (nSPS) is 12.0. The molecule has 0 heterocycles. The molecule has 1 atom stereocenters. The third-order valence-corrected chi connectivity index (χ3v) is 4.06. The number of para-hydroxylation sites is 1. The first-order valence-electron chi connectivity index (χ1n) is 6.51. The van der Waals surface area contributed by atoms with E-state index < -0.39 is 6.10 Å². The first kappa shape index (κ1) is 15.0. The molecule has 0 aliphatic rings. The van der Waals surface area contributed by atoms with Crippen molar-refractivity contribution in [2.45, 2.75) is 26.9 Å². The summed E-state index contributed by atoms with van der Waals surface area (Å²) >= 11 is 2.21. The molecule has 0 saturated carbocycles. The molecule has 0 amide bonds. The molecule has 0 aliphatic heterocycles. The summed E-state index contributed by atoms with van der Waals surface area (Å²) in [5.41, 5.74) is 2.81. The Kier molecular flexibility index (Phi) is 4.81. The van der Waals surface area contributed by atoms with Crippen LogP contribution in [0.2, 0.25) is 0 Å². The molecule has 3 heteroatoms. The van der Waals surface area contributed by atoms with Gasteiger partial charge in [0.25, 0.3) is 0 Å². The minimum absolute atomic E-state index is 0.0193. The maximum atomic E-state index is 12.5. The van der Waals surface area contributed by atoms with Crippen molar-refractivity contribution < 1.29 is 9.53 Å². The fraction of sp³-hybridized carbons (Fsp3) is 0.235. The van der Waals surface area contributed by atoms with Crippen molar-refractivity contribution in [1.29, 1.82) is 0 Å². The molecule has 2 aromatic rings. The highest BCUT2D eigenvalue weighted by atomic mass is 127. The van der Waals surface area contributed by atoms with E-state index in [0.29, 0.717) is 0 Å². The average molecular weight is 380 g/mol. The molecule has 2 nitrogen and oxygen atoms in total. The molecule has 0 N–H and O–H groups in total. The van der Waals surface area contributed by atoms with Gasteiger partial charge in [0.1, 0.15) is 5.75 Å². The largest absolute Gasteiger partial charge is 0.481 e. The lowest BCUT2D eigenvalue weighted by Crippen LogP contribution is -2.25. The summed E-state index contributed by atoms with van der Waals surface area (Å²) in [6.07, 6.45) is -0.494.